The maximum atomic E-state index is 13.2. The average molecular weight is 419 g/mol. The summed E-state index contributed by atoms with van der Waals surface area (Å²) in [5.74, 6) is -1.29. The number of imide groups is 1. The summed E-state index contributed by atoms with van der Waals surface area (Å²) in [5, 5.41) is 10.8. The van der Waals surface area contributed by atoms with E-state index in [-0.39, 0.29) is 24.1 Å². The fourth-order valence-corrected chi connectivity index (χ4v) is 4.15. The number of carbonyl (C=O) groups is 3. The zero-order valence-corrected chi connectivity index (χ0v) is 16.6. The first-order valence-electron chi connectivity index (χ1n) is 9.88. The van der Waals surface area contributed by atoms with Crippen molar-refractivity contribution in [3.63, 3.8) is 0 Å². The van der Waals surface area contributed by atoms with Crippen LogP contribution in [0.4, 0.5) is 4.39 Å². The lowest BCUT2D eigenvalue weighted by Gasteiger charge is -2.29. The van der Waals surface area contributed by atoms with Gasteiger partial charge in [-0.25, -0.2) is 9.07 Å². The van der Waals surface area contributed by atoms with E-state index < -0.39 is 11.9 Å². The summed E-state index contributed by atoms with van der Waals surface area (Å²) in [4.78, 5) is 38.0. The van der Waals surface area contributed by atoms with Gasteiger partial charge in [0.05, 0.1) is 11.4 Å². The van der Waals surface area contributed by atoms with Gasteiger partial charge in [-0.05, 0) is 55.3 Å². The Kier molecular flexibility index (Phi) is 4.39. The first kappa shape index (κ1) is 19.1. The number of hydrogen-bond acceptors (Lipinski definition) is 5. The van der Waals surface area contributed by atoms with Crippen molar-refractivity contribution in [2.75, 3.05) is 0 Å². The minimum absolute atomic E-state index is 0.216. The van der Waals surface area contributed by atoms with Gasteiger partial charge in [0.15, 0.2) is 0 Å². The van der Waals surface area contributed by atoms with E-state index in [9.17, 15) is 18.8 Å². The lowest BCUT2D eigenvalue weighted by atomic mass is 10.0. The third kappa shape index (κ3) is 3.18. The lowest BCUT2D eigenvalue weighted by Crippen LogP contribution is -2.52. The van der Waals surface area contributed by atoms with Gasteiger partial charge in [0.1, 0.15) is 17.6 Å². The molecule has 1 fully saturated rings. The Balaban J connectivity index is 1.44. The van der Waals surface area contributed by atoms with Crippen molar-refractivity contribution in [2.45, 2.75) is 32.4 Å². The molecule has 0 saturated carbocycles. The largest absolute Gasteiger partial charge is 0.322 e. The van der Waals surface area contributed by atoms with Gasteiger partial charge in [0.2, 0.25) is 11.8 Å². The second kappa shape index (κ2) is 7.12. The number of piperidine rings is 1. The van der Waals surface area contributed by atoms with E-state index in [1.165, 1.54) is 17.0 Å². The van der Waals surface area contributed by atoms with Crippen LogP contribution in [0.1, 0.15) is 34.5 Å². The van der Waals surface area contributed by atoms with Crippen molar-refractivity contribution in [3.05, 3.63) is 65.1 Å². The molecule has 2 aromatic carbocycles. The predicted molar refractivity (Wildman–Crippen MR) is 108 cm³/mol. The van der Waals surface area contributed by atoms with Crippen LogP contribution in [0, 0.1) is 12.7 Å². The van der Waals surface area contributed by atoms with Crippen LogP contribution >= 0.6 is 0 Å². The fourth-order valence-electron chi connectivity index (χ4n) is 4.15. The zero-order chi connectivity index (χ0) is 21.7. The van der Waals surface area contributed by atoms with E-state index in [4.69, 9.17) is 0 Å². The quantitative estimate of drug-likeness (QED) is 0.656. The standard InChI is InChI=1S/C22H18FN5O3/c1-12-20(25-26-28(12)16-5-3-15(23)4-6-16)13-2-7-17-14(10-13)11-27(22(17)31)18-8-9-19(29)24-21(18)30/h2-7,10,18H,8-9,11H2,1H3,(H,24,29,30). The maximum Gasteiger partial charge on any atom is 0.255 e. The molecule has 1 atom stereocenters. The molecule has 156 valence electrons. The molecule has 0 spiro atoms. The predicted octanol–water partition coefficient (Wildman–Crippen LogP) is 2.14. The van der Waals surface area contributed by atoms with Gasteiger partial charge in [0, 0.05) is 24.1 Å². The van der Waals surface area contributed by atoms with Gasteiger partial charge in [-0.15, -0.1) is 5.10 Å². The summed E-state index contributed by atoms with van der Waals surface area (Å²) < 4.78 is 14.9. The van der Waals surface area contributed by atoms with Gasteiger partial charge >= 0.3 is 0 Å². The summed E-state index contributed by atoms with van der Waals surface area (Å²) in [6.45, 7) is 2.16. The second-order valence-corrected chi connectivity index (χ2v) is 7.68. The van der Waals surface area contributed by atoms with E-state index in [2.05, 4.69) is 15.6 Å². The number of carbonyl (C=O) groups excluding carboxylic acids is 3. The highest BCUT2D eigenvalue weighted by atomic mass is 19.1. The first-order chi connectivity index (χ1) is 14.9. The molecule has 0 radical (unpaired) electrons. The number of amides is 3. The highest BCUT2D eigenvalue weighted by molar-refractivity contribution is 6.05. The topological polar surface area (TPSA) is 97.2 Å². The molecule has 1 N–H and O–H groups in total. The Bertz CT molecular complexity index is 1230. The molecular weight excluding hydrogens is 401 g/mol. The van der Waals surface area contributed by atoms with Crippen LogP contribution in [0.5, 0.6) is 0 Å². The smallest absolute Gasteiger partial charge is 0.255 e. The van der Waals surface area contributed by atoms with E-state index in [1.807, 2.05) is 13.0 Å². The van der Waals surface area contributed by atoms with E-state index in [0.29, 0.717) is 29.9 Å². The molecule has 3 aromatic rings. The molecule has 3 heterocycles. The van der Waals surface area contributed by atoms with Crippen LogP contribution in [-0.2, 0) is 16.1 Å². The number of benzene rings is 2. The third-order valence-corrected chi connectivity index (χ3v) is 5.76. The summed E-state index contributed by atoms with van der Waals surface area (Å²) in [5.41, 5.74) is 4.25. The van der Waals surface area contributed by atoms with Gasteiger partial charge in [0.25, 0.3) is 5.91 Å². The average Bonchev–Trinajstić information content (AvgIpc) is 3.28. The molecular formula is C22H18FN5O3. The van der Waals surface area contributed by atoms with Crippen molar-refractivity contribution in [1.82, 2.24) is 25.2 Å². The minimum Gasteiger partial charge on any atom is -0.322 e. The van der Waals surface area contributed by atoms with Crippen molar-refractivity contribution >= 4 is 17.7 Å². The Morgan fingerprint density at radius 2 is 1.87 bits per heavy atom. The number of rotatable bonds is 3. The van der Waals surface area contributed by atoms with E-state index >= 15 is 0 Å². The molecule has 5 rings (SSSR count). The Labute approximate surface area is 176 Å². The number of nitrogens with one attached hydrogen (secondary N) is 1. The van der Waals surface area contributed by atoms with Crippen LogP contribution in [0.25, 0.3) is 16.9 Å². The third-order valence-electron chi connectivity index (χ3n) is 5.76. The number of fused-ring (bicyclic) bond motifs is 1. The Morgan fingerprint density at radius 1 is 1.10 bits per heavy atom. The summed E-state index contributed by atoms with van der Waals surface area (Å²) in [6.07, 6.45) is 0.538. The van der Waals surface area contributed by atoms with Gasteiger partial charge in [-0.3, -0.25) is 19.7 Å². The molecule has 3 amide bonds. The molecule has 31 heavy (non-hydrogen) atoms. The van der Waals surface area contributed by atoms with Gasteiger partial charge in [-0.1, -0.05) is 11.3 Å². The lowest BCUT2D eigenvalue weighted by molar-refractivity contribution is -0.136. The van der Waals surface area contributed by atoms with Crippen molar-refractivity contribution < 1.29 is 18.8 Å². The van der Waals surface area contributed by atoms with Crippen LogP contribution in [-0.4, -0.2) is 43.7 Å². The molecule has 9 heteroatoms. The molecule has 1 saturated heterocycles. The summed E-state index contributed by atoms with van der Waals surface area (Å²) >= 11 is 0. The number of nitrogens with zero attached hydrogens (tertiary/aromatic N) is 4. The van der Waals surface area contributed by atoms with Crippen molar-refractivity contribution in [2.24, 2.45) is 0 Å². The Morgan fingerprint density at radius 3 is 2.61 bits per heavy atom. The molecule has 0 aliphatic carbocycles. The van der Waals surface area contributed by atoms with Crippen LogP contribution < -0.4 is 5.32 Å². The molecule has 8 nitrogen and oxygen atoms in total. The number of aromatic nitrogens is 3. The SMILES string of the molecule is Cc1c(-c2ccc3c(c2)CN(C2CCC(=O)NC2=O)C3=O)nnn1-c1ccc(F)cc1. The van der Waals surface area contributed by atoms with Gasteiger partial charge < -0.3 is 4.90 Å². The normalized spacial score (nSPS) is 18.3. The van der Waals surface area contributed by atoms with E-state index in [1.54, 1.807) is 28.9 Å². The van der Waals surface area contributed by atoms with Crippen LogP contribution in [0.2, 0.25) is 0 Å². The molecule has 0 bridgehead atoms. The van der Waals surface area contributed by atoms with Crippen molar-refractivity contribution in [3.8, 4) is 16.9 Å². The first-order valence-corrected chi connectivity index (χ1v) is 9.88. The zero-order valence-electron chi connectivity index (χ0n) is 16.6. The Hall–Kier alpha value is -3.88. The fraction of sp³-hybridized carbons (Fsp3) is 0.227. The van der Waals surface area contributed by atoms with Crippen LogP contribution in [0.15, 0.2) is 42.5 Å². The van der Waals surface area contributed by atoms with Crippen LogP contribution in [0.3, 0.4) is 0 Å². The highest BCUT2D eigenvalue weighted by Crippen LogP contribution is 2.31. The molecule has 2 aliphatic rings. The maximum absolute atomic E-state index is 13.2. The summed E-state index contributed by atoms with van der Waals surface area (Å²) in [6, 6.07) is 10.7. The second-order valence-electron chi connectivity index (χ2n) is 7.68. The molecule has 1 aromatic heterocycles. The molecule has 2 aliphatic heterocycles. The minimum atomic E-state index is -0.651. The monoisotopic (exact) mass is 419 g/mol. The summed E-state index contributed by atoms with van der Waals surface area (Å²) in [7, 11) is 0. The van der Waals surface area contributed by atoms with E-state index in [0.717, 1.165) is 16.8 Å². The highest BCUT2D eigenvalue weighted by Gasteiger charge is 2.39. The number of hydrogen-bond donors (Lipinski definition) is 1. The van der Waals surface area contributed by atoms with Crippen molar-refractivity contribution in [1.29, 1.82) is 0 Å². The van der Waals surface area contributed by atoms with Gasteiger partial charge in [-0.2, -0.15) is 0 Å². The number of halogens is 1. The molecule has 1 unspecified atom stereocenters.